The van der Waals surface area contributed by atoms with Crippen molar-refractivity contribution in [2.24, 2.45) is 0 Å². The zero-order valence-electron chi connectivity index (χ0n) is 20.7. The van der Waals surface area contributed by atoms with Crippen LogP contribution >= 0.6 is 0 Å². The highest BCUT2D eigenvalue weighted by molar-refractivity contribution is 6.10. The molecule has 38 heavy (non-hydrogen) atoms. The highest BCUT2D eigenvalue weighted by Gasteiger charge is 2.13. The van der Waals surface area contributed by atoms with Crippen LogP contribution in [-0.4, -0.2) is 38.8 Å². The van der Waals surface area contributed by atoms with Crippen LogP contribution in [0.25, 0.3) is 32.9 Å². The minimum absolute atomic E-state index is 0.185. The van der Waals surface area contributed by atoms with E-state index < -0.39 is 6.09 Å². The summed E-state index contributed by atoms with van der Waals surface area (Å²) in [5.74, 6) is 7.29. The zero-order chi connectivity index (χ0) is 26.5. The van der Waals surface area contributed by atoms with Crippen LogP contribution in [0.15, 0.2) is 79.3 Å². The number of nitrogens with two attached hydrogens (primary N) is 1. The molecule has 0 aliphatic rings. The zero-order valence-corrected chi connectivity index (χ0v) is 20.7. The van der Waals surface area contributed by atoms with E-state index in [4.69, 9.17) is 15.6 Å². The summed E-state index contributed by atoms with van der Waals surface area (Å²) in [6.07, 6.45) is 4.52. The maximum absolute atomic E-state index is 11.0. The van der Waals surface area contributed by atoms with E-state index >= 15 is 0 Å². The van der Waals surface area contributed by atoms with Gasteiger partial charge in [0.25, 0.3) is 0 Å². The lowest BCUT2D eigenvalue weighted by atomic mass is 10.0. The number of hydrogen-bond acceptors (Lipinski definition) is 6. The van der Waals surface area contributed by atoms with Crippen LogP contribution in [0.2, 0.25) is 0 Å². The molecule has 5 rings (SSSR count). The fourth-order valence-electron chi connectivity index (χ4n) is 4.09. The van der Waals surface area contributed by atoms with Crippen molar-refractivity contribution in [2.75, 3.05) is 12.3 Å². The quantitative estimate of drug-likeness (QED) is 0.214. The minimum atomic E-state index is -1.08. The first kappa shape index (κ1) is 24.5. The summed E-state index contributed by atoms with van der Waals surface area (Å²) in [6.45, 7) is 2.07. The number of anilines is 1. The molecule has 0 fully saturated rings. The third kappa shape index (κ3) is 5.47. The van der Waals surface area contributed by atoms with E-state index in [-0.39, 0.29) is 12.6 Å². The molecule has 4 N–H and O–H groups in total. The summed E-state index contributed by atoms with van der Waals surface area (Å²) in [4.78, 5) is 24.4. The number of nitrogens with one attached hydrogen (secondary N) is 1. The lowest BCUT2D eigenvalue weighted by Gasteiger charge is -2.16. The van der Waals surface area contributed by atoms with Gasteiger partial charge < -0.3 is 20.9 Å². The fraction of sp³-hybridized carbons (Fsp3) is 0.133. The Labute approximate surface area is 219 Å². The van der Waals surface area contributed by atoms with Gasteiger partial charge in [-0.3, -0.25) is 9.97 Å². The number of nitrogen functional groups attached to an aromatic ring is 1. The van der Waals surface area contributed by atoms with Crippen molar-refractivity contribution in [3.8, 4) is 28.8 Å². The molecule has 0 saturated heterocycles. The maximum atomic E-state index is 11.0. The molecule has 5 aromatic rings. The topological polar surface area (TPSA) is 123 Å². The van der Waals surface area contributed by atoms with Crippen molar-refractivity contribution in [1.82, 2.24) is 20.3 Å². The van der Waals surface area contributed by atoms with Gasteiger partial charge in [0.15, 0.2) is 0 Å². The van der Waals surface area contributed by atoms with E-state index in [1.54, 1.807) is 18.6 Å². The Morgan fingerprint density at radius 2 is 1.82 bits per heavy atom. The first-order valence-corrected chi connectivity index (χ1v) is 12.1. The van der Waals surface area contributed by atoms with Gasteiger partial charge in [-0.15, -0.1) is 0 Å². The summed E-state index contributed by atoms with van der Waals surface area (Å²) < 4.78 is 5.82. The fourth-order valence-corrected chi connectivity index (χ4v) is 4.09. The van der Waals surface area contributed by atoms with Gasteiger partial charge >= 0.3 is 6.09 Å². The number of benzene rings is 2. The first-order valence-electron chi connectivity index (χ1n) is 12.1. The molecule has 0 aliphatic heterocycles. The van der Waals surface area contributed by atoms with Gasteiger partial charge in [0, 0.05) is 39.9 Å². The number of fused-ring (bicyclic) bond motifs is 3. The number of rotatable bonds is 6. The largest absolute Gasteiger partial charge is 0.490 e. The molecule has 3 heterocycles. The Morgan fingerprint density at radius 1 is 1.00 bits per heavy atom. The van der Waals surface area contributed by atoms with Gasteiger partial charge in [-0.1, -0.05) is 37.0 Å². The van der Waals surface area contributed by atoms with Crippen LogP contribution in [0.4, 0.5) is 10.6 Å². The molecular formula is C30H25N5O3. The highest BCUT2D eigenvalue weighted by atomic mass is 16.5. The molecule has 0 aliphatic carbocycles. The predicted octanol–water partition coefficient (Wildman–Crippen LogP) is 5.25. The van der Waals surface area contributed by atoms with Gasteiger partial charge in [-0.2, -0.15) is 0 Å². The molecule has 8 heteroatoms. The maximum Gasteiger partial charge on any atom is 0.404 e. The van der Waals surface area contributed by atoms with E-state index in [0.29, 0.717) is 23.7 Å². The molecule has 2 aromatic carbocycles. The SMILES string of the molecule is CC[C@H](COc1cncc(-c2cc3c(cnc4ccc(C#Cc5ccccc5)cc43)c(N)n2)c1)NC(=O)O. The van der Waals surface area contributed by atoms with Crippen LogP contribution in [-0.2, 0) is 0 Å². The van der Waals surface area contributed by atoms with Crippen molar-refractivity contribution in [2.45, 2.75) is 19.4 Å². The second-order valence-corrected chi connectivity index (χ2v) is 8.74. The monoisotopic (exact) mass is 503 g/mol. The van der Waals surface area contributed by atoms with Crippen molar-refractivity contribution >= 4 is 33.6 Å². The highest BCUT2D eigenvalue weighted by Crippen LogP contribution is 2.32. The van der Waals surface area contributed by atoms with Gasteiger partial charge in [-0.05, 0) is 54.3 Å². The van der Waals surface area contributed by atoms with Gasteiger partial charge in [0.05, 0.1) is 23.4 Å². The van der Waals surface area contributed by atoms with Crippen LogP contribution in [0.3, 0.4) is 0 Å². The molecule has 3 aromatic heterocycles. The smallest absolute Gasteiger partial charge is 0.404 e. The molecular weight excluding hydrogens is 478 g/mol. The number of carbonyl (C=O) groups is 1. The normalized spacial score (nSPS) is 11.5. The Morgan fingerprint density at radius 3 is 2.61 bits per heavy atom. The van der Waals surface area contributed by atoms with E-state index in [2.05, 4.69) is 32.1 Å². The van der Waals surface area contributed by atoms with Crippen molar-refractivity contribution < 1.29 is 14.6 Å². The van der Waals surface area contributed by atoms with Crippen LogP contribution < -0.4 is 15.8 Å². The van der Waals surface area contributed by atoms with Crippen LogP contribution in [0.5, 0.6) is 5.75 Å². The van der Waals surface area contributed by atoms with Crippen molar-refractivity contribution in [3.05, 3.63) is 90.4 Å². The van der Waals surface area contributed by atoms with Gasteiger partial charge in [0.1, 0.15) is 18.2 Å². The molecule has 0 spiro atoms. The van der Waals surface area contributed by atoms with Crippen LogP contribution in [0.1, 0.15) is 24.5 Å². The third-order valence-electron chi connectivity index (χ3n) is 6.11. The van der Waals surface area contributed by atoms with Crippen molar-refractivity contribution in [1.29, 1.82) is 0 Å². The Bertz CT molecular complexity index is 1690. The van der Waals surface area contributed by atoms with E-state index in [1.807, 2.05) is 67.6 Å². The average Bonchev–Trinajstić information content (AvgIpc) is 2.94. The summed E-state index contributed by atoms with van der Waals surface area (Å²) in [6, 6.07) is 19.2. The van der Waals surface area contributed by atoms with Gasteiger partial charge in [-0.25, -0.2) is 9.78 Å². The summed E-state index contributed by atoms with van der Waals surface area (Å²) >= 11 is 0. The summed E-state index contributed by atoms with van der Waals surface area (Å²) in [7, 11) is 0. The molecule has 188 valence electrons. The number of pyridine rings is 3. The second kappa shape index (κ2) is 10.8. The van der Waals surface area contributed by atoms with E-state index in [1.165, 1.54) is 0 Å². The molecule has 0 bridgehead atoms. The lowest BCUT2D eigenvalue weighted by molar-refractivity contribution is 0.180. The molecule has 1 amide bonds. The number of carboxylic acid groups (broad SMARTS) is 1. The van der Waals surface area contributed by atoms with Crippen LogP contribution in [0, 0.1) is 11.8 Å². The Kier molecular flexibility index (Phi) is 7.00. The number of hydrogen-bond donors (Lipinski definition) is 3. The van der Waals surface area contributed by atoms with Gasteiger partial charge in [0.2, 0.25) is 0 Å². The molecule has 8 nitrogen and oxygen atoms in total. The summed E-state index contributed by atoms with van der Waals surface area (Å²) in [5, 5.41) is 14.0. The second-order valence-electron chi connectivity index (χ2n) is 8.74. The molecule has 0 saturated carbocycles. The third-order valence-corrected chi connectivity index (χ3v) is 6.11. The molecule has 1 atom stereocenters. The minimum Gasteiger partial charge on any atom is -0.490 e. The first-order chi connectivity index (χ1) is 18.5. The Balaban J connectivity index is 1.51. The molecule has 0 unspecified atom stereocenters. The van der Waals surface area contributed by atoms with E-state index in [0.717, 1.165) is 38.4 Å². The lowest BCUT2D eigenvalue weighted by Crippen LogP contribution is -2.37. The number of ether oxygens (including phenoxy) is 1. The number of amides is 1. The molecule has 0 radical (unpaired) electrons. The van der Waals surface area contributed by atoms with Crippen molar-refractivity contribution in [3.63, 3.8) is 0 Å². The number of aromatic nitrogens is 3. The average molecular weight is 504 g/mol. The number of nitrogens with zero attached hydrogens (tertiary/aromatic N) is 3. The summed E-state index contributed by atoms with van der Waals surface area (Å²) in [5.41, 5.74) is 10.4. The predicted molar refractivity (Wildman–Crippen MR) is 148 cm³/mol. The van der Waals surface area contributed by atoms with E-state index in [9.17, 15) is 4.79 Å². The standard InChI is InChI=1S/C30H25N5O3/c1-2-22(34-30(36)37)18-38-23-13-21(15-32-16-23)28-14-24-25-12-20(9-8-19-6-4-3-5-7-19)10-11-27(25)33-17-26(24)29(31)35-28/h3-7,10-17,22,34H,2,18H2,1H3,(H2,31,35)(H,36,37)/t22-/m1/s1. The Hall–Kier alpha value is -5.16.